The van der Waals surface area contributed by atoms with Crippen molar-refractivity contribution in [2.24, 2.45) is 0 Å². The number of halogens is 4. The molecule has 1 aliphatic rings. The van der Waals surface area contributed by atoms with E-state index >= 15 is 0 Å². The SMILES string of the molecule is CN1CCN(Cc2ccc(-c3n[nH]c4cc(NC(=O)CC(=O)Nc5ccc(Cl)c(C(F)(F)F)c5)ccc34)cc2)CC1. The fourth-order valence-corrected chi connectivity index (χ4v) is 4.95. The van der Waals surface area contributed by atoms with E-state index in [1.54, 1.807) is 12.1 Å². The quantitative estimate of drug-likeness (QED) is 0.245. The number of carbonyl (C=O) groups excluding carboxylic acids is 2. The largest absolute Gasteiger partial charge is 0.417 e. The first-order valence-corrected chi connectivity index (χ1v) is 13.4. The predicted molar refractivity (Wildman–Crippen MR) is 153 cm³/mol. The minimum Gasteiger partial charge on any atom is -0.326 e. The van der Waals surface area contributed by atoms with Gasteiger partial charge in [0.05, 0.1) is 21.8 Å². The number of hydrogen-bond acceptors (Lipinski definition) is 5. The van der Waals surface area contributed by atoms with Crippen LogP contribution >= 0.6 is 11.6 Å². The number of piperazine rings is 1. The normalized spacial score (nSPS) is 14.8. The van der Waals surface area contributed by atoms with Crippen LogP contribution in [0, 0.1) is 0 Å². The summed E-state index contributed by atoms with van der Waals surface area (Å²) in [6, 6.07) is 16.6. The Morgan fingerprint density at radius 1 is 0.927 bits per heavy atom. The summed E-state index contributed by atoms with van der Waals surface area (Å²) in [4.78, 5) is 29.5. The number of rotatable bonds is 7. The van der Waals surface area contributed by atoms with Crippen molar-refractivity contribution in [3.63, 3.8) is 0 Å². The molecule has 41 heavy (non-hydrogen) atoms. The van der Waals surface area contributed by atoms with E-state index < -0.39 is 35.0 Å². The number of benzene rings is 3. The van der Waals surface area contributed by atoms with Crippen molar-refractivity contribution >= 4 is 45.7 Å². The molecule has 0 aliphatic carbocycles. The molecule has 0 unspecified atom stereocenters. The van der Waals surface area contributed by atoms with Crippen molar-refractivity contribution in [1.29, 1.82) is 0 Å². The first-order chi connectivity index (χ1) is 19.5. The summed E-state index contributed by atoms with van der Waals surface area (Å²) in [5.41, 5.74) is 2.94. The first-order valence-electron chi connectivity index (χ1n) is 13.0. The van der Waals surface area contributed by atoms with E-state index in [2.05, 4.69) is 49.8 Å². The molecule has 2 heterocycles. The lowest BCUT2D eigenvalue weighted by Gasteiger charge is -2.32. The van der Waals surface area contributed by atoms with Crippen molar-refractivity contribution in [3.05, 3.63) is 76.8 Å². The molecule has 0 atom stereocenters. The highest BCUT2D eigenvalue weighted by Crippen LogP contribution is 2.36. The van der Waals surface area contributed by atoms with Crippen LogP contribution in [0.25, 0.3) is 22.2 Å². The van der Waals surface area contributed by atoms with E-state index in [0.717, 1.165) is 61.5 Å². The smallest absolute Gasteiger partial charge is 0.326 e. The number of aromatic nitrogens is 2. The minimum atomic E-state index is -4.67. The molecule has 0 saturated carbocycles. The molecule has 5 rings (SSSR count). The fraction of sp³-hybridized carbons (Fsp3) is 0.276. The number of amides is 2. The Morgan fingerprint density at radius 3 is 2.22 bits per heavy atom. The lowest BCUT2D eigenvalue weighted by Crippen LogP contribution is -2.43. The summed E-state index contributed by atoms with van der Waals surface area (Å²) in [7, 11) is 2.14. The van der Waals surface area contributed by atoms with Crippen LogP contribution in [-0.4, -0.2) is 65.0 Å². The van der Waals surface area contributed by atoms with Crippen molar-refractivity contribution < 1.29 is 22.8 Å². The highest BCUT2D eigenvalue weighted by atomic mass is 35.5. The number of hydrogen-bond donors (Lipinski definition) is 3. The van der Waals surface area contributed by atoms with Crippen LogP contribution < -0.4 is 10.6 Å². The Bertz CT molecular complexity index is 1560. The van der Waals surface area contributed by atoms with Crippen LogP contribution in [0.1, 0.15) is 17.5 Å². The molecular formula is C29H28ClF3N6O2. The van der Waals surface area contributed by atoms with Gasteiger partial charge in [-0.1, -0.05) is 35.9 Å². The van der Waals surface area contributed by atoms with Crippen LogP contribution in [0.3, 0.4) is 0 Å². The molecular weight excluding hydrogens is 557 g/mol. The zero-order chi connectivity index (χ0) is 29.1. The number of nitrogens with zero attached hydrogens (tertiary/aromatic N) is 3. The molecule has 1 aliphatic heterocycles. The predicted octanol–water partition coefficient (Wildman–Crippen LogP) is 5.62. The molecule has 1 saturated heterocycles. The van der Waals surface area contributed by atoms with Gasteiger partial charge < -0.3 is 15.5 Å². The Morgan fingerprint density at radius 2 is 1.56 bits per heavy atom. The van der Waals surface area contributed by atoms with Gasteiger partial charge in [-0.25, -0.2) is 0 Å². The van der Waals surface area contributed by atoms with E-state index in [9.17, 15) is 22.8 Å². The maximum absolute atomic E-state index is 13.1. The van der Waals surface area contributed by atoms with Gasteiger partial charge in [0.25, 0.3) is 0 Å². The van der Waals surface area contributed by atoms with Gasteiger partial charge in [-0.3, -0.25) is 19.6 Å². The average molecular weight is 585 g/mol. The van der Waals surface area contributed by atoms with Gasteiger partial charge in [-0.15, -0.1) is 0 Å². The highest BCUT2D eigenvalue weighted by Gasteiger charge is 2.33. The number of fused-ring (bicyclic) bond motifs is 1. The molecule has 1 aromatic heterocycles. The molecule has 4 aromatic rings. The van der Waals surface area contributed by atoms with Gasteiger partial charge in [-0.05, 0) is 49.0 Å². The lowest BCUT2D eigenvalue weighted by molar-refractivity contribution is -0.137. The third kappa shape index (κ3) is 7.05. The van der Waals surface area contributed by atoms with Gasteiger partial charge in [0.2, 0.25) is 11.8 Å². The van der Waals surface area contributed by atoms with E-state index in [4.69, 9.17) is 11.6 Å². The highest BCUT2D eigenvalue weighted by molar-refractivity contribution is 6.31. The number of anilines is 2. The standard InChI is InChI=1S/C29H28ClF3N6O2/c1-38-10-12-39(13-11-38)17-18-2-4-19(5-3-18)28-22-8-6-21(15-25(22)36-37-28)35-27(41)16-26(40)34-20-7-9-24(30)23(14-20)29(31,32)33/h2-9,14-15H,10-13,16-17H2,1H3,(H,34,40)(H,35,41)(H,36,37). The molecule has 12 heteroatoms. The van der Waals surface area contributed by atoms with Crippen LogP contribution in [-0.2, 0) is 22.3 Å². The second-order valence-corrected chi connectivity index (χ2v) is 10.5. The average Bonchev–Trinajstić information content (AvgIpc) is 3.34. The maximum Gasteiger partial charge on any atom is 0.417 e. The second-order valence-electron chi connectivity index (χ2n) is 10.1. The molecule has 8 nitrogen and oxygen atoms in total. The maximum atomic E-state index is 13.1. The summed E-state index contributed by atoms with van der Waals surface area (Å²) < 4.78 is 39.2. The summed E-state index contributed by atoms with van der Waals surface area (Å²) in [6.45, 7) is 5.16. The molecule has 0 radical (unpaired) electrons. The minimum absolute atomic E-state index is 0.113. The Kier molecular flexibility index (Phi) is 8.30. The number of H-pyrrole nitrogens is 1. The second kappa shape index (κ2) is 11.9. The molecule has 1 fully saturated rings. The zero-order valence-electron chi connectivity index (χ0n) is 22.2. The van der Waals surface area contributed by atoms with Crippen molar-refractivity contribution in [2.75, 3.05) is 43.9 Å². The Labute approximate surface area is 239 Å². The van der Waals surface area contributed by atoms with E-state index in [-0.39, 0.29) is 5.69 Å². The van der Waals surface area contributed by atoms with Gasteiger partial charge in [0.1, 0.15) is 6.42 Å². The number of nitrogens with one attached hydrogen (secondary N) is 3. The summed E-state index contributed by atoms with van der Waals surface area (Å²) in [5, 5.41) is 12.8. The number of alkyl halides is 3. The number of aromatic amines is 1. The van der Waals surface area contributed by atoms with E-state index in [1.807, 2.05) is 18.2 Å². The number of likely N-dealkylation sites (N-methyl/N-ethyl adjacent to an activating group) is 1. The van der Waals surface area contributed by atoms with Crippen LogP contribution in [0.5, 0.6) is 0 Å². The third-order valence-electron chi connectivity index (χ3n) is 6.95. The van der Waals surface area contributed by atoms with E-state index in [0.29, 0.717) is 11.2 Å². The van der Waals surface area contributed by atoms with Crippen molar-refractivity contribution in [2.45, 2.75) is 19.1 Å². The topological polar surface area (TPSA) is 93.4 Å². The van der Waals surface area contributed by atoms with Gasteiger partial charge in [0, 0.05) is 55.0 Å². The molecule has 0 spiro atoms. The molecule has 214 valence electrons. The van der Waals surface area contributed by atoms with Crippen LogP contribution in [0.4, 0.5) is 24.5 Å². The van der Waals surface area contributed by atoms with Gasteiger partial charge in [-0.2, -0.15) is 18.3 Å². The molecule has 2 amide bonds. The summed E-state index contributed by atoms with van der Waals surface area (Å²) in [5.74, 6) is -1.39. The zero-order valence-corrected chi connectivity index (χ0v) is 22.9. The Balaban J connectivity index is 1.19. The monoisotopic (exact) mass is 584 g/mol. The first kappa shape index (κ1) is 28.6. The van der Waals surface area contributed by atoms with Gasteiger partial charge in [0.15, 0.2) is 0 Å². The van der Waals surface area contributed by atoms with Crippen molar-refractivity contribution in [1.82, 2.24) is 20.0 Å². The van der Waals surface area contributed by atoms with Gasteiger partial charge >= 0.3 is 6.18 Å². The van der Waals surface area contributed by atoms with Crippen molar-refractivity contribution in [3.8, 4) is 11.3 Å². The molecule has 0 bridgehead atoms. The Hall–Kier alpha value is -3.93. The molecule has 3 N–H and O–H groups in total. The third-order valence-corrected chi connectivity index (χ3v) is 7.28. The van der Waals surface area contributed by atoms with Crippen LogP contribution in [0.2, 0.25) is 5.02 Å². The van der Waals surface area contributed by atoms with Crippen LogP contribution in [0.15, 0.2) is 60.7 Å². The molecule has 3 aromatic carbocycles. The summed E-state index contributed by atoms with van der Waals surface area (Å²) >= 11 is 5.61. The number of carbonyl (C=O) groups is 2. The lowest BCUT2D eigenvalue weighted by atomic mass is 10.0. The summed E-state index contributed by atoms with van der Waals surface area (Å²) in [6.07, 6.45) is -5.26. The fourth-order valence-electron chi connectivity index (χ4n) is 4.73. The van der Waals surface area contributed by atoms with E-state index in [1.165, 1.54) is 11.6 Å².